The maximum Gasteiger partial charge on any atom is 0.329 e. The molecule has 0 bridgehead atoms. The van der Waals surface area contributed by atoms with E-state index in [1.165, 1.54) is 19.1 Å². The molecule has 0 aromatic heterocycles. The second-order valence-corrected chi connectivity index (χ2v) is 4.17. The maximum atomic E-state index is 13.3. The number of benzene rings is 1. The van der Waals surface area contributed by atoms with Gasteiger partial charge in [-0.2, -0.15) is 0 Å². The summed E-state index contributed by atoms with van der Waals surface area (Å²) in [4.78, 5) is 22.6. The van der Waals surface area contributed by atoms with Gasteiger partial charge in [0, 0.05) is 0 Å². The second kappa shape index (κ2) is 5.64. The summed E-state index contributed by atoms with van der Waals surface area (Å²) >= 11 is 0. The Kier molecular flexibility index (Phi) is 4.42. The molecule has 0 saturated carbocycles. The zero-order valence-corrected chi connectivity index (χ0v) is 10.5. The minimum absolute atomic E-state index is 0.140. The van der Waals surface area contributed by atoms with Crippen molar-refractivity contribution in [2.45, 2.75) is 25.8 Å². The lowest BCUT2D eigenvalue weighted by atomic mass is 10.00. The van der Waals surface area contributed by atoms with E-state index >= 15 is 0 Å². The van der Waals surface area contributed by atoms with Crippen molar-refractivity contribution in [2.24, 2.45) is 0 Å². The van der Waals surface area contributed by atoms with Gasteiger partial charge in [0.1, 0.15) is 5.54 Å². The lowest BCUT2D eigenvalue weighted by Crippen LogP contribution is -2.53. The monoisotopic (exact) mass is 272 g/mol. The van der Waals surface area contributed by atoms with Crippen LogP contribution in [0.5, 0.6) is 0 Å². The van der Waals surface area contributed by atoms with Crippen LogP contribution in [0.25, 0.3) is 0 Å². The first-order valence-corrected chi connectivity index (χ1v) is 5.56. The zero-order valence-electron chi connectivity index (χ0n) is 10.5. The van der Waals surface area contributed by atoms with E-state index in [0.717, 1.165) is 6.07 Å². The molecule has 1 aromatic rings. The number of carbonyl (C=O) groups is 2. The van der Waals surface area contributed by atoms with Gasteiger partial charge in [-0.1, -0.05) is 13.0 Å². The molecule has 0 radical (unpaired) electrons. The van der Waals surface area contributed by atoms with Crippen molar-refractivity contribution in [3.05, 3.63) is 29.8 Å². The third kappa shape index (κ3) is 3.40. The number of carboxylic acid groups (broad SMARTS) is 1. The molecule has 2 amide bonds. The molecule has 1 atom stereocenters. The molecule has 0 fully saturated rings. The van der Waals surface area contributed by atoms with Gasteiger partial charge in [0.25, 0.3) is 0 Å². The minimum Gasteiger partial charge on any atom is -0.480 e. The van der Waals surface area contributed by atoms with Crippen molar-refractivity contribution in [1.29, 1.82) is 0 Å². The van der Waals surface area contributed by atoms with Crippen LogP contribution >= 0.6 is 0 Å². The van der Waals surface area contributed by atoms with Gasteiger partial charge < -0.3 is 15.7 Å². The molecule has 3 N–H and O–H groups in total. The average Bonchev–Trinajstić information content (AvgIpc) is 2.34. The van der Waals surface area contributed by atoms with Crippen LogP contribution in [0, 0.1) is 11.6 Å². The molecular weight excluding hydrogens is 258 g/mol. The van der Waals surface area contributed by atoms with E-state index in [9.17, 15) is 18.4 Å². The normalized spacial score (nSPS) is 13.5. The van der Waals surface area contributed by atoms with Crippen LogP contribution < -0.4 is 10.6 Å². The Morgan fingerprint density at radius 1 is 1.37 bits per heavy atom. The molecular formula is C12H14F2N2O3. The number of anilines is 1. The summed E-state index contributed by atoms with van der Waals surface area (Å²) in [5, 5.41) is 13.2. The Hall–Kier alpha value is -2.18. The third-order valence-corrected chi connectivity index (χ3v) is 2.77. The van der Waals surface area contributed by atoms with Gasteiger partial charge in [-0.15, -0.1) is 0 Å². The van der Waals surface area contributed by atoms with E-state index in [1.54, 1.807) is 6.92 Å². The van der Waals surface area contributed by atoms with Crippen LogP contribution in [0.15, 0.2) is 18.2 Å². The Balaban J connectivity index is 2.81. The van der Waals surface area contributed by atoms with Gasteiger partial charge in [0.05, 0.1) is 5.69 Å². The Bertz CT molecular complexity index is 508. The number of halogens is 2. The Morgan fingerprint density at radius 3 is 2.53 bits per heavy atom. The predicted octanol–water partition coefficient (Wildman–Crippen LogP) is 2.34. The molecule has 5 nitrogen and oxygen atoms in total. The highest BCUT2D eigenvalue weighted by Gasteiger charge is 2.32. The van der Waals surface area contributed by atoms with Gasteiger partial charge in [-0.25, -0.2) is 18.4 Å². The molecule has 0 saturated heterocycles. The number of carbonyl (C=O) groups excluding carboxylic acids is 1. The minimum atomic E-state index is -1.48. The van der Waals surface area contributed by atoms with Crippen molar-refractivity contribution >= 4 is 17.7 Å². The third-order valence-electron chi connectivity index (χ3n) is 2.77. The highest BCUT2D eigenvalue weighted by Crippen LogP contribution is 2.17. The molecule has 0 aliphatic carbocycles. The average molecular weight is 272 g/mol. The summed E-state index contributed by atoms with van der Waals surface area (Å²) in [6, 6.07) is 2.38. The van der Waals surface area contributed by atoms with E-state index < -0.39 is 29.2 Å². The first-order chi connectivity index (χ1) is 8.80. The number of hydrogen-bond donors (Lipinski definition) is 3. The largest absolute Gasteiger partial charge is 0.480 e. The predicted molar refractivity (Wildman–Crippen MR) is 64.8 cm³/mol. The highest BCUT2D eigenvalue weighted by molar-refractivity contribution is 5.93. The Labute approximate surface area is 108 Å². The van der Waals surface area contributed by atoms with Crippen LogP contribution in [0.1, 0.15) is 20.3 Å². The maximum absolute atomic E-state index is 13.3. The number of hydrogen-bond acceptors (Lipinski definition) is 2. The molecule has 1 rings (SSSR count). The van der Waals surface area contributed by atoms with E-state index in [1.807, 2.05) is 0 Å². The summed E-state index contributed by atoms with van der Waals surface area (Å²) in [6.45, 7) is 2.90. The molecule has 1 aromatic carbocycles. The molecule has 0 spiro atoms. The lowest BCUT2D eigenvalue weighted by molar-refractivity contribution is -0.143. The number of rotatable bonds is 4. The summed E-state index contributed by atoms with van der Waals surface area (Å²) in [5.74, 6) is -3.52. The van der Waals surface area contributed by atoms with Crippen molar-refractivity contribution in [1.82, 2.24) is 5.32 Å². The molecule has 0 aliphatic heterocycles. The number of amides is 2. The highest BCUT2D eigenvalue weighted by atomic mass is 19.2. The van der Waals surface area contributed by atoms with Gasteiger partial charge in [-0.05, 0) is 25.5 Å². The van der Waals surface area contributed by atoms with Crippen molar-refractivity contribution in [2.75, 3.05) is 5.32 Å². The van der Waals surface area contributed by atoms with Crippen LogP contribution in [-0.4, -0.2) is 22.6 Å². The summed E-state index contributed by atoms with van der Waals surface area (Å²) in [5.41, 5.74) is -1.84. The number of urea groups is 1. The van der Waals surface area contributed by atoms with Crippen LogP contribution in [0.2, 0.25) is 0 Å². The lowest BCUT2D eigenvalue weighted by Gasteiger charge is -2.24. The number of aliphatic carboxylic acids is 1. The fourth-order valence-electron chi connectivity index (χ4n) is 1.30. The fourth-order valence-corrected chi connectivity index (χ4v) is 1.30. The summed E-state index contributed by atoms with van der Waals surface area (Å²) < 4.78 is 26.2. The van der Waals surface area contributed by atoms with Gasteiger partial charge in [-0.3, -0.25) is 0 Å². The first kappa shape index (κ1) is 14.9. The smallest absolute Gasteiger partial charge is 0.329 e. The summed E-state index contributed by atoms with van der Waals surface area (Å²) in [6.07, 6.45) is 0.140. The first-order valence-electron chi connectivity index (χ1n) is 5.56. The summed E-state index contributed by atoms with van der Waals surface area (Å²) in [7, 11) is 0. The standard InChI is InChI=1S/C12H14F2N2O3/c1-3-12(2,10(17)18)16-11(19)15-8-6-4-5-7(13)9(8)14/h4-6H,3H2,1-2H3,(H,17,18)(H2,15,16,19). The number of carboxylic acids is 1. The topological polar surface area (TPSA) is 78.4 Å². The molecule has 1 unspecified atom stereocenters. The fraction of sp³-hybridized carbons (Fsp3) is 0.333. The molecule has 7 heteroatoms. The van der Waals surface area contributed by atoms with Crippen molar-refractivity contribution < 1.29 is 23.5 Å². The second-order valence-electron chi connectivity index (χ2n) is 4.17. The zero-order chi connectivity index (χ0) is 14.6. The quantitative estimate of drug-likeness (QED) is 0.787. The van der Waals surface area contributed by atoms with Gasteiger partial charge in [0.15, 0.2) is 11.6 Å². The molecule has 104 valence electrons. The van der Waals surface area contributed by atoms with E-state index in [2.05, 4.69) is 10.6 Å². The number of nitrogens with one attached hydrogen (secondary N) is 2. The molecule has 0 aliphatic rings. The SMILES string of the molecule is CCC(C)(NC(=O)Nc1cccc(F)c1F)C(=O)O. The van der Waals surface area contributed by atoms with E-state index in [-0.39, 0.29) is 12.1 Å². The van der Waals surface area contributed by atoms with E-state index in [0.29, 0.717) is 0 Å². The van der Waals surface area contributed by atoms with Crippen LogP contribution in [0.3, 0.4) is 0 Å². The van der Waals surface area contributed by atoms with E-state index in [4.69, 9.17) is 5.11 Å². The van der Waals surface area contributed by atoms with Crippen LogP contribution in [0.4, 0.5) is 19.3 Å². The van der Waals surface area contributed by atoms with Crippen molar-refractivity contribution in [3.63, 3.8) is 0 Å². The molecule has 0 heterocycles. The van der Waals surface area contributed by atoms with Gasteiger partial charge in [0.2, 0.25) is 0 Å². The van der Waals surface area contributed by atoms with Gasteiger partial charge >= 0.3 is 12.0 Å². The van der Waals surface area contributed by atoms with Crippen LogP contribution in [-0.2, 0) is 4.79 Å². The van der Waals surface area contributed by atoms with Crippen molar-refractivity contribution in [3.8, 4) is 0 Å². The molecule has 19 heavy (non-hydrogen) atoms. The Morgan fingerprint density at radius 2 is 2.00 bits per heavy atom.